The summed E-state index contributed by atoms with van der Waals surface area (Å²) >= 11 is 0. The van der Waals surface area contributed by atoms with Gasteiger partial charge in [0.1, 0.15) is 0 Å². The minimum atomic E-state index is 0. The molecule has 0 unspecified atom stereocenters. The molecule has 0 bridgehead atoms. The van der Waals surface area contributed by atoms with Gasteiger partial charge in [-0.1, -0.05) is 18.9 Å². The molecule has 3 heteroatoms. The van der Waals surface area contributed by atoms with Gasteiger partial charge < -0.3 is 5.73 Å². The SMILES string of the molecule is C=CN=C/C(=C\[CH-]C)C(=C)N.[Y]. The summed E-state index contributed by atoms with van der Waals surface area (Å²) in [7, 11) is 0. The summed E-state index contributed by atoms with van der Waals surface area (Å²) in [6.07, 6.45) is 6.79. The molecule has 0 atom stereocenters. The van der Waals surface area contributed by atoms with Gasteiger partial charge in [-0.15, -0.1) is 12.5 Å². The van der Waals surface area contributed by atoms with Crippen molar-refractivity contribution in [1.29, 1.82) is 0 Å². The van der Waals surface area contributed by atoms with E-state index in [1.54, 1.807) is 6.21 Å². The fourth-order valence-corrected chi connectivity index (χ4v) is 0.546. The average molecular weight is 238 g/mol. The maximum absolute atomic E-state index is 5.46. The van der Waals surface area contributed by atoms with Crippen molar-refractivity contribution < 1.29 is 32.7 Å². The molecule has 0 saturated heterocycles. The number of nitrogens with two attached hydrogens (primary N) is 1. The summed E-state index contributed by atoms with van der Waals surface area (Å²) in [6, 6.07) is 0. The minimum Gasteiger partial charge on any atom is -0.413 e. The molecule has 2 N–H and O–H groups in total. The average Bonchev–Trinajstić information content (AvgIpc) is 1.97. The van der Waals surface area contributed by atoms with Crippen LogP contribution in [0.25, 0.3) is 0 Å². The molecule has 0 aliphatic heterocycles. The van der Waals surface area contributed by atoms with Crippen LogP contribution in [-0.2, 0) is 32.7 Å². The Bertz CT molecular complexity index is 205. The quantitative estimate of drug-likeness (QED) is 0.453. The van der Waals surface area contributed by atoms with Gasteiger partial charge >= 0.3 is 0 Å². The van der Waals surface area contributed by atoms with Crippen LogP contribution in [0, 0.1) is 6.42 Å². The van der Waals surface area contributed by atoms with Gasteiger partial charge in [-0.2, -0.15) is 0 Å². The zero-order valence-electron chi connectivity index (χ0n) is 7.33. The Morgan fingerprint density at radius 1 is 1.58 bits per heavy atom. The molecule has 0 aromatic heterocycles. The molecule has 0 amide bonds. The van der Waals surface area contributed by atoms with Gasteiger partial charge in [-0.05, 0) is 6.21 Å². The second kappa shape index (κ2) is 8.76. The second-order valence-corrected chi connectivity index (χ2v) is 1.94. The van der Waals surface area contributed by atoms with Crippen molar-refractivity contribution in [2.45, 2.75) is 6.92 Å². The smallest absolute Gasteiger partial charge is 0.0177 e. The monoisotopic (exact) mass is 238 g/mol. The number of allylic oxidation sites excluding steroid dienone is 2. The number of rotatable bonds is 4. The van der Waals surface area contributed by atoms with Gasteiger partial charge in [0.2, 0.25) is 0 Å². The predicted molar refractivity (Wildman–Crippen MR) is 50.1 cm³/mol. The van der Waals surface area contributed by atoms with Crippen LogP contribution in [0.2, 0.25) is 0 Å². The topological polar surface area (TPSA) is 38.4 Å². The molecule has 12 heavy (non-hydrogen) atoms. The molecular formula is C9H13N2Y-. The molecule has 0 saturated carbocycles. The minimum absolute atomic E-state index is 0. The van der Waals surface area contributed by atoms with Gasteiger partial charge in [0.25, 0.3) is 0 Å². The van der Waals surface area contributed by atoms with Crippen LogP contribution in [0.4, 0.5) is 0 Å². The normalized spacial score (nSPS) is 10.6. The Labute approximate surface area is 99.2 Å². The van der Waals surface area contributed by atoms with Crippen LogP contribution in [-0.4, -0.2) is 6.21 Å². The molecular weight excluding hydrogens is 225 g/mol. The predicted octanol–water partition coefficient (Wildman–Crippen LogP) is 1.82. The Kier molecular flexibility index (Phi) is 10.4. The van der Waals surface area contributed by atoms with Gasteiger partial charge in [-0.3, -0.25) is 4.99 Å². The molecule has 0 heterocycles. The summed E-state index contributed by atoms with van der Waals surface area (Å²) in [4.78, 5) is 3.82. The van der Waals surface area contributed by atoms with E-state index in [9.17, 15) is 0 Å². The van der Waals surface area contributed by atoms with Crippen molar-refractivity contribution in [3.8, 4) is 0 Å². The first-order chi connectivity index (χ1) is 5.22. The van der Waals surface area contributed by atoms with Gasteiger partial charge in [0, 0.05) is 38.9 Å². The first kappa shape index (κ1) is 14.2. The molecule has 0 spiro atoms. The van der Waals surface area contributed by atoms with E-state index >= 15 is 0 Å². The van der Waals surface area contributed by atoms with E-state index in [1.807, 2.05) is 19.4 Å². The van der Waals surface area contributed by atoms with Gasteiger partial charge in [-0.25, -0.2) is 12.5 Å². The summed E-state index contributed by atoms with van der Waals surface area (Å²) in [5.74, 6) is 0. The third-order valence-electron chi connectivity index (χ3n) is 1.04. The van der Waals surface area contributed by atoms with E-state index in [2.05, 4.69) is 18.2 Å². The number of nitrogens with zero attached hydrogens (tertiary/aromatic N) is 1. The van der Waals surface area contributed by atoms with E-state index in [0.717, 1.165) is 5.57 Å². The molecule has 0 rings (SSSR count). The number of hydrogen-bond acceptors (Lipinski definition) is 2. The van der Waals surface area contributed by atoms with Gasteiger partial charge in [0.15, 0.2) is 0 Å². The fourth-order valence-electron chi connectivity index (χ4n) is 0.546. The van der Waals surface area contributed by atoms with E-state index in [4.69, 9.17) is 5.73 Å². The van der Waals surface area contributed by atoms with Crippen LogP contribution in [0.5, 0.6) is 0 Å². The third-order valence-corrected chi connectivity index (χ3v) is 1.04. The maximum atomic E-state index is 5.46. The van der Waals surface area contributed by atoms with Crippen LogP contribution in [0.3, 0.4) is 0 Å². The Hall–Kier alpha value is -0.336. The largest absolute Gasteiger partial charge is 0.413 e. The van der Waals surface area contributed by atoms with Crippen LogP contribution in [0.1, 0.15) is 6.92 Å². The van der Waals surface area contributed by atoms with Crippen molar-refractivity contribution in [2.75, 3.05) is 0 Å². The number of hydrogen-bond donors (Lipinski definition) is 1. The molecule has 0 aliphatic rings. The maximum Gasteiger partial charge on any atom is 0.0177 e. The molecule has 2 nitrogen and oxygen atoms in total. The molecule has 1 radical (unpaired) electrons. The van der Waals surface area contributed by atoms with Crippen molar-refractivity contribution >= 4 is 6.21 Å². The second-order valence-electron chi connectivity index (χ2n) is 1.94. The summed E-state index contributed by atoms with van der Waals surface area (Å²) < 4.78 is 0. The van der Waals surface area contributed by atoms with Crippen molar-refractivity contribution in [3.63, 3.8) is 0 Å². The molecule has 63 valence electrons. The molecule has 0 aromatic rings. The standard InChI is InChI=1S/C9H13N2.Y/c1-4-6-9(8(3)10)7-11-5-2;/h4-7H,2-3,10H2,1H3;/q-1;/b9-6+,11-7?;. The number of aliphatic imine (C=N–C) groups is 1. The first-order valence-electron chi connectivity index (χ1n) is 3.30. The van der Waals surface area contributed by atoms with Crippen molar-refractivity contribution in [1.82, 2.24) is 0 Å². The van der Waals surface area contributed by atoms with Crippen LogP contribution < -0.4 is 5.73 Å². The van der Waals surface area contributed by atoms with Crippen molar-refractivity contribution in [3.05, 3.63) is 43.1 Å². The third kappa shape index (κ3) is 6.38. The molecule has 0 fully saturated rings. The fraction of sp³-hybridized carbons (Fsp3) is 0.111. The Morgan fingerprint density at radius 2 is 2.17 bits per heavy atom. The summed E-state index contributed by atoms with van der Waals surface area (Å²) in [5, 5.41) is 0. The molecule has 0 aliphatic carbocycles. The summed E-state index contributed by atoms with van der Waals surface area (Å²) in [6.45, 7) is 8.94. The first-order valence-corrected chi connectivity index (χ1v) is 3.30. The van der Waals surface area contributed by atoms with Crippen LogP contribution in [0.15, 0.2) is 41.7 Å². The van der Waals surface area contributed by atoms with E-state index in [-0.39, 0.29) is 32.7 Å². The van der Waals surface area contributed by atoms with Crippen LogP contribution >= 0.6 is 0 Å². The summed E-state index contributed by atoms with van der Waals surface area (Å²) in [5.41, 5.74) is 6.78. The van der Waals surface area contributed by atoms with Gasteiger partial charge in [0.05, 0.1) is 0 Å². The van der Waals surface area contributed by atoms with E-state index < -0.39 is 0 Å². The molecule has 0 aromatic carbocycles. The van der Waals surface area contributed by atoms with Crippen molar-refractivity contribution in [2.24, 2.45) is 10.7 Å². The Balaban J connectivity index is 0. The van der Waals surface area contributed by atoms with E-state index in [0.29, 0.717) is 5.70 Å². The zero-order valence-corrected chi connectivity index (χ0v) is 10.2. The van der Waals surface area contributed by atoms with E-state index in [1.165, 1.54) is 6.20 Å². The Morgan fingerprint density at radius 3 is 2.50 bits per heavy atom. The zero-order chi connectivity index (χ0) is 8.69.